The summed E-state index contributed by atoms with van der Waals surface area (Å²) >= 11 is 3.37. The van der Waals surface area contributed by atoms with Crippen molar-refractivity contribution in [2.24, 2.45) is 0 Å². The Morgan fingerprint density at radius 2 is 2.42 bits per heavy atom. The molecule has 0 atom stereocenters. The summed E-state index contributed by atoms with van der Waals surface area (Å²) in [5.74, 6) is 0.839. The van der Waals surface area contributed by atoms with E-state index < -0.39 is 0 Å². The van der Waals surface area contributed by atoms with E-state index in [0.29, 0.717) is 0 Å². The molecule has 0 unspecified atom stereocenters. The molecule has 2 heterocycles. The molecule has 1 aromatic heterocycles. The van der Waals surface area contributed by atoms with E-state index in [-0.39, 0.29) is 0 Å². The van der Waals surface area contributed by atoms with Crippen LogP contribution in [0.1, 0.15) is 0 Å². The first-order valence-corrected chi connectivity index (χ1v) is 4.24. The SMILES string of the molecule is Brc1ccnc(N2C=CNN2)c1. The largest absolute Gasteiger partial charge is 0.309 e. The third-order valence-corrected chi connectivity index (χ3v) is 1.94. The van der Waals surface area contributed by atoms with E-state index >= 15 is 0 Å². The first-order valence-electron chi connectivity index (χ1n) is 3.45. The maximum Gasteiger partial charge on any atom is 0.149 e. The molecule has 0 bridgehead atoms. The molecule has 2 N–H and O–H groups in total. The number of nitrogens with zero attached hydrogens (tertiary/aromatic N) is 2. The lowest BCUT2D eigenvalue weighted by molar-refractivity contribution is 0.673. The van der Waals surface area contributed by atoms with Gasteiger partial charge in [-0.2, -0.15) is 0 Å². The van der Waals surface area contributed by atoms with Crippen LogP contribution in [0.3, 0.4) is 0 Å². The lowest BCUT2D eigenvalue weighted by Gasteiger charge is -2.13. The van der Waals surface area contributed by atoms with E-state index in [1.807, 2.05) is 18.3 Å². The van der Waals surface area contributed by atoms with Gasteiger partial charge in [0.15, 0.2) is 0 Å². The van der Waals surface area contributed by atoms with Gasteiger partial charge < -0.3 is 5.43 Å². The molecule has 12 heavy (non-hydrogen) atoms. The zero-order valence-electron chi connectivity index (χ0n) is 6.16. The predicted octanol–water partition coefficient (Wildman–Crippen LogP) is 1.14. The minimum atomic E-state index is 0.839. The van der Waals surface area contributed by atoms with Crippen molar-refractivity contribution < 1.29 is 0 Å². The zero-order valence-corrected chi connectivity index (χ0v) is 7.75. The Labute approximate surface area is 78.4 Å². The fourth-order valence-corrected chi connectivity index (χ4v) is 1.24. The molecule has 1 aromatic rings. The first-order chi connectivity index (χ1) is 5.86. The number of rotatable bonds is 1. The van der Waals surface area contributed by atoms with Crippen LogP contribution < -0.4 is 16.0 Å². The van der Waals surface area contributed by atoms with E-state index in [1.54, 1.807) is 17.4 Å². The van der Waals surface area contributed by atoms with Crippen LogP contribution in [0.15, 0.2) is 35.2 Å². The lowest BCUT2D eigenvalue weighted by atomic mass is 10.4. The van der Waals surface area contributed by atoms with Crippen molar-refractivity contribution >= 4 is 21.7 Å². The number of anilines is 1. The smallest absolute Gasteiger partial charge is 0.149 e. The molecule has 0 radical (unpaired) electrons. The highest BCUT2D eigenvalue weighted by Crippen LogP contribution is 2.16. The summed E-state index contributed by atoms with van der Waals surface area (Å²) < 4.78 is 1.01. The molecule has 0 spiro atoms. The molecule has 2 rings (SSSR count). The Kier molecular flexibility index (Phi) is 1.97. The lowest BCUT2D eigenvalue weighted by Crippen LogP contribution is -2.35. The van der Waals surface area contributed by atoms with Crippen molar-refractivity contribution in [3.8, 4) is 0 Å². The van der Waals surface area contributed by atoms with Crippen LogP contribution in [0.5, 0.6) is 0 Å². The number of hydrazine groups is 2. The van der Waals surface area contributed by atoms with Crippen molar-refractivity contribution in [2.75, 3.05) is 5.01 Å². The molecule has 1 aliphatic heterocycles. The summed E-state index contributed by atoms with van der Waals surface area (Å²) in [5, 5.41) is 1.78. The van der Waals surface area contributed by atoms with Crippen molar-refractivity contribution in [1.82, 2.24) is 15.9 Å². The predicted molar refractivity (Wildman–Crippen MR) is 49.8 cm³/mol. The number of nitrogens with one attached hydrogen (secondary N) is 2. The highest BCUT2D eigenvalue weighted by atomic mass is 79.9. The second-order valence-electron chi connectivity index (χ2n) is 2.27. The second-order valence-corrected chi connectivity index (χ2v) is 3.19. The van der Waals surface area contributed by atoms with Gasteiger partial charge in [-0.1, -0.05) is 15.9 Å². The Balaban J connectivity index is 2.27. The highest BCUT2D eigenvalue weighted by Gasteiger charge is 2.06. The minimum Gasteiger partial charge on any atom is -0.309 e. The van der Waals surface area contributed by atoms with Crippen molar-refractivity contribution in [2.45, 2.75) is 0 Å². The number of pyridine rings is 1. The van der Waals surface area contributed by atoms with Gasteiger partial charge in [-0.25, -0.2) is 9.99 Å². The van der Waals surface area contributed by atoms with E-state index in [4.69, 9.17) is 0 Å². The normalized spacial score (nSPS) is 14.9. The first kappa shape index (κ1) is 7.57. The standard InChI is InChI=1S/C7H7BrN4/c8-6-1-2-9-7(5-6)12-4-3-10-11-12/h1-5,10-11H. The average molecular weight is 227 g/mol. The second kappa shape index (κ2) is 3.12. The van der Waals surface area contributed by atoms with E-state index in [1.165, 1.54) is 0 Å². The van der Waals surface area contributed by atoms with Gasteiger partial charge in [-0.15, -0.1) is 5.53 Å². The van der Waals surface area contributed by atoms with E-state index in [2.05, 4.69) is 31.9 Å². The molecule has 0 aliphatic carbocycles. The molecule has 1 aliphatic rings. The van der Waals surface area contributed by atoms with Crippen LogP contribution >= 0.6 is 15.9 Å². The van der Waals surface area contributed by atoms with Gasteiger partial charge in [0.1, 0.15) is 5.82 Å². The molecule has 0 saturated carbocycles. The van der Waals surface area contributed by atoms with Gasteiger partial charge in [0.2, 0.25) is 0 Å². The molecular formula is C7H7BrN4. The summed E-state index contributed by atoms with van der Waals surface area (Å²) in [6.07, 6.45) is 5.39. The van der Waals surface area contributed by atoms with Gasteiger partial charge in [0, 0.05) is 23.1 Å². The number of hydrogen-bond acceptors (Lipinski definition) is 4. The van der Waals surface area contributed by atoms with Gasteiger partial charge in [0.25, 0.3) is 0 Å². The Morgan fingerprint density at radius 1 is 1.50 bits per heavy atom. The third-order valence-electron chi connectivity index (χ3n) is 1.45. The zero-order chi connectivity index (χ0) is 8.39. The molecule has 0 aromatic carbocycles. The van der Waals surface area contributed by atoms with Crippen LogP contribution in [0.25, 0.3) is 0 Å². The molecule has 0 amide bonds. The van der Waals surface area contributed by atoms with Crippen molar-refractivity contribution in [1.29, 1.82) is 0 Å². The van der Waals surface area contributed by atoms with Gasteiger partial charge in [0.05, 0.1) is 0 Å². The quantitative estimate of drug-likeness (QED) is 0.754. The number of halogens is 1. The highest BCUT2D eigenvalue weighted by molar-refractivity contribution is 9.10. The van der Waals surface area contributed by atoms with Crippen LogP contribution in [0.4, 0.5) is 5.82 Å². The maximum atomic E-state index is 4.16. The minimum absolute atomic E-state index is 0.839. The van der Waals surface area contributed by atoms with Gasteiger partial charge in [-0.05, 0) is 12.1 Å². The Hall–Kier alpha value is -1.07. The van der Waals surface area contributed by atoms with Crippen molar-refractivity contribution in [3.63, 3.8) is 0 Å². The average Bonchev–Trinajstić information content (AvgIpc) is 2.56. The van der Waals surface area contributed by atoms with E-state index in [0.717, 1.165) is 10.3 Å². The topological polar surface area (TPSA) is 40.2 Å². The molecule has 0 fully saturated rings. The number of hydrogen-bond donors (Lipinski definition) is 2. The summed E-state index contributed by atoms with van der Waals surface area (Å²) in [7, 11) is 0. The summed E-state index contributed by atoms with van der Waals surface area (Å²) in [6, 6.07) is 3.81. The van der Waals surface area contributed by atoms with Crippen LogP contribution in [-0.4, -0.2) is 4.98 Å². The Bertz CT molecular complexity index is 312. The summed E-state index contributed by atoms with van der Waals surface area (Å²) in [6.45, 7) is 0. The summed E-state index contributed by atoms with van der Waals surface area (Å²) in [4.78, 5) is 4.16. The molecule has 4 nitrogen and oxygen atoms in total. The monoisotopic (exact) mass is 226 g/mol. The van der Waals surface area contributed by atoms with Crippen molar-refractivity contribution in [3.05, 3.63) is 35.2 Å². The van der Waals surface area contributed by atoms with Gasteiger partial charge >= 0.3 is 0 Å². The molecular weight excluding hydrogens is 220 g/mol. The molecule has 62 valence electrons. The fourth-order valence-electron chi connectivity index (χ4n) is 0.915. The van der Waals surface area contributed by atoms with Gasteiger partial charge in [-0.3, -0.25) is 0 Å². The van der Waals surface area contributed by atoms with Crippen LogP contribution in [0.2, 0.25) is 0 Å². The number of aromatic nitrogens is 1. The third kappa shape index (κ3) is 1.41. The fraction of sp³-hybridized carbons (Fsp3) is 0. The van der Waals surface area contributed by atoms with E-state index in [9.17, 15) is 0 Å². The Morgan fingerprint density at radius 3 is 3.08 bits per heavy atom. The van der Waals surface area contributed by atoms with Crippen LogP contribution in [0, 0.1) is 0 Å². The van der Waals surface area contributed by atoms with Crippen LogP contribution in [-0.2, 0) is 0 Å². The summed E-state index contributed by atoms with van der Waals surface area (Å²) in [5.41, 5.74) is 5.72. The molecule has 5 heteroatoms. The maximum absolute atomic E-state index is 4.16. The molecule has 0 saturated heterocycles.